The van der Waals surface area contributed by atoms with Crippen molar-refractivity contribution in [3.63, 3.8) is 0 Å². The number of nitrogens with one attached hydrogen (secondary N) is 1. The van der Waals surface area contributed by atoms with Crippen LogP contribution in [0.25, 0.3) is 16.4 Å². The Morgan fingerprint density at radius 2 is 2.06 bits per heavy atom. The molecule has 0 saturated heterocycles. The zero-order valence-electron chi connectivity index (χ0n) is 17.1. The summed E-state index contributed by atoms with van der Waals surface area (Å²) < 4.78 is 50.4. The number of benzene rings is 1. The second kappa shape index (κ2) is 7.82. The first-order valence-corrected chi connectivity index (χ1v) is 11.5. The highest BCUT2D eigenvalue weighted by Crippen LogP contribution is 2.34. The van der Waals surface area contributed by atoms with Crippen LogP contribution in [0.4, 0.5) is 4.39 Å². The van der Waals surface area contributed by atoms with Gasteiger partial charge in [0, 0.05) is 28.4 Å². The molecule has 9 nitrogen and oxygen atoms in total. The monoisotopic (exact) mass is 448 g/mol. The van der Waals surface area contributed by atoms with E-state index in [9.17, 15) is 17.9 Å². The summed E-state index contributed by atoms with van der Waals surface area (Å²) in [6, 6.07) is 4.94. The number of ether oxygens (including phenoxy) is 2. The number of halogens is 1. The normalized spacial score (nSPS) is 13.1. The van der Waals surface area contributed by atoms with Crippen molar-refractivity contribution < 1.29 is 27.4 Å². The quantitative estimate of drug-likeness (QED) is 0.446. The van der Waals surface area contributed by atoms with Crippen LogP contribution in [0.5, 0.6) is 17.4 Å². The fourth-order valence-corrected chi connectivity index (χ4v) is 4.18. The van der Waals surface area contributed by atoms with Crippen molar-refractivity contribution in [3.05, 3.63) is 47.8 Å². The third kappa shape index (κ3) is 4.32. The predicted octanol–water partition coefficient (Wildman–Crippen LogP) is 2.54. The SMILES string of the molecule is Cc1cc2c(F)c(Oc3ncnn4cc(OCC(O)CS(C)(=O)=O)c(C)c34)ccc2[nH]1. The second-order valence-electron chi connectivity index (χ2n) is 7.43. The van der Waals surface area contributed by atoms with E-state index in [4.69, 9.17) is 9.47 Å². The largest absolute Gasteiger partial charge is 0.489 e. The van der Waals surface area contributed by atoms with Gasteiger partial charge in [0.25, 0.3) is 0 Å². The van der Waals surface area contributed by atoms with E-state index in [0.717, 1.165) is 11.9 Å². The lowest BCUT2D eigenvalue weighted by atomic mass is 10.2. The van der Waals surface area contributed by atoms with Gasteiger partial charge in [0.1, 0.15) is 40.1 Å². The molecule has 0 radical (unpaired) electrons. The van der Waals surface area contributed by atoms with Gasteiger partial charge in [0.05, 0.1) is 11.9 Å². The van der Waals surface area contributed by atoms with Gasteiger partial charge >= 0.3 is 0 Å². The van der Waals surface area contributed by atoms with Crippen LogP contribution in [0.1, 0.15) is 11.3 Å². The molecule has 0 saturated carbocycles. The van der Waals surface area contributed by atoms with Crippen LogP contribution < -0.4 is 9.47 Å². The van der Waals surface area contributed by atoms with Crippen LogP contribution in [0.2, 0.25) is 0 Å². The molecule has 0 spiro atoms. The molecule has 1 aromatic carbocycles. The van der Waals surface area contributed by atoms with Crippen molar-refractivity contribution in [3.8, 4) is 17.4 Å². The van der Waals surface area contributed by atoms with Crippen molar-refractivity contribution in [2.24, 2.45) is 0 Å². The van der Waals surface area contributed by atoms with E-state index in [1.165, 1.54) is 16.9 Å². The summed E-state index contributed by atoms with van der Waals surface area (Å²) in [5.74, 6) is -0.407. The zero-order valence-corrected chi connectivity index (χ0v) is 17.9. The Balaban J connectivity index is 1.63. The summed E-state index contributed by atoms with van der Waals surface area (Å²) in [5, 5.41) is 14.4. The molecule has 11 heteroatoms. The van der Waals surface area contributed by atoms with Crippen molar-refractivity contribution in [2.75, 3.05) is 18.6 Å². The van der Waals surface area contributed by atoms with Crippen LogP contribution >= 0.6 is 0 Å². The van der Waals surface area contributed by atoms with Crippen molar-refractivity contribution >= 4 is 26.3 Å². The lowest BCUT2D eigenvalue weighted by Gasteiger charge is -2.11. The molecule has 0 aliphatic rings. The Bertz CT molecular complexity index is 1380. The standard InChI is InChI=1S/C20H21FN4O5S/c1-11-6-14-15(24-11)4-5-16(18(14)21)30-20-19-12(2)17(7-25(19)23-10-22-20)29-8-13(26)9-31(3,27)28/h4-7,10,13,24,26H,8-9H2,1-3H3. The molecule has 0 bridgehead atoms. The highest BCUT2D eigenvalue weighted by molar-refractivity contribution is 7.90. The van der Waals surface area contributed by atoms with Gasteiger partial charge in [-0.1, -0.05) is 0 Å². The van der Waals surface area contributed by atoms with Gasteiger partial charge < -0.3 is 19.6 Å². The molecular weight excluding hydrogens is 427 g/mol. The number of aliphatic hydroxyl groups excluding tert-OH is 1. The maximum atomic E-state index is 14.9. The maximum absolute atomic E-state index is 14.9. The lowest BCUT2D eigenvalue weighted by Crippen LogP contribution is -2.26. The molecule has 0 fully saturated rings. The first-order chi connectivity index (χ1) is 14.6. The molecule has 0 aliphatic heterocycles. The Kier molecular flexibility index (Phi) is 5.31. The summed E-state index contributed by atoms with van der Waals surface area (Å²) in [5.41, 5.74) is 2.55. The fourth-order valence-electron chi connectivity index (χ4n) is 3.38. The summed E-state index contributed by atoms with van der Waals surface area (Å²) in [6.07, 6.45) is 2.69. The number of rotatable bonds is 7. The molecule has 0 amide bonds. The number of hydrogen-bond acceptors (Lipinski definition) is 7. The molecule has 4 rings (SSSR count). The number of nitrogens with zero attached hydrogens (tertiary/aromatic N) is 3. The van der Waals surface area contributed by atoms with E-state index < -0.39 is 27.5 Å². The molecule has 0 aliphatic carbocycles. The predicted molar refractivity (Wildman–Crippen MR) is 112 cm³/mol. The van der Waals surface area contributed by atoms with Crippen molar-refractivity contribution in [2.45, 2.75) is 20.0 Å². The smallest absolute Gasteiger partial charge is 0.247 e. The number of aromatic nitrogens is 4. The molecule has 4 aromatic rings. The summed E-state index contributed by atoms with van der Waals surface area (Å²) in [7, 11) is -3.34. The third-order valence-electron chi connectivity index (χ3n) is 4.72. The van der Waals surface area contributed by atoms with Crippen LogP contribution in [0.15, 0.2) is 30.7 Å². The number of aliphatic hydroxyl groups is 1. The molecule has 3 aromatic heterocycles. The Morgan fingerprint density at radius 3 is 2.81 bits per heavy atom. The minimum Gasteiger partial charge on any atom is -0.489 e. The van der Waals surface area contributed by atoms with Gasteiger partial charge in [0.2, 0.25) is 5.88 Å². The first-order valence-electron chi connectivity index (χ1n) is 9.39. The van der Waals surface area contributed by atoms with E-state index in [2.05, 4.69) is 15.1 Å². The third-order valence-corrected chi connectivity index (χ3v) is 5.71. The summed E-state index contributed by atoms with van der Waals surface area (Å²) >= 11 is 0. The van der Waals surface area contributed by atoms with E-state index in [0.29, 0.717) is 27.7 Å². The second-order valence-corrected chi connectivity index (χ2v) is 9.61. The highest BCUT2D eigenvalue weighted by Gasteiger charge is 2.19. The minimum absolute atomic E-state index is 0.0127. The maximum Gasteiger partial charge on any atom is 0.247 e. The van der Waals surface area contributed by atoms with Crippen molar-refractivity contribution in [1.29, 1.82) is 0 Å². The highest BCUT2D eigenvalue weighted by atomic mass is 32.2. The zero-order chi connectivity index (χ0) is 22.3. The molecule has 31 heavy (non-hydrogen) atoms. The molecule has 2 N–H and O–H groups in total. The average Bonchev–Trinajstić information content (AvgIpc) is 3.21. The van der Waals surface area contributed by atoms with Gasteiger partial charge in [-0.3, -0.25) is 0 Å². The van der Waals surface area contributed by atoms with E-state index in [-0.39, 0.29) is 18.2 Å². The van der Waals surface area contributed by atoms with Crippen LogP contribution in [0, 0.1) is 19.7 Å². The number of hydrogen-bond donors (Lipinski definition) is 2. The number of fused-ring (bicyclic) bond motifs is 2. The topological polar surface area (TPSA) is 119 Å². The van der Waals surface area contributed by atoms with Gasteiger partial charge in [-0.05, 0) is 32.0 Å². The van der Waals surface area contributed by atoms with Crippen LogP contribution in [-0.2, 0) is 9.84 Å². The summed E-state index contributed by atoms with van der Waals surface area (Å²) in [4.78, 5) is 7.20. The van der Waals surface area contributed by atoms with Crippen molar-refractivity contribution in [1.82, 2.24) is 19.6 Å². The Labute approximate surface area is 177 Å². The van der Waals surface area contributed by atoms with E-state index in [1.54, 1.807) is 25.3 Å². The van der Waals surface area contributed by atoms with Gasteiger partial charge in [0.15, 0.2) is 11.6 Å². The molecule has 1 atom stereocenters. The van der Waals surface area contributed by atoms with Crippen LogP contribution in [-0.4, -0.2) is 57.8 Å². The first kappa shape index (κ1) is 21.1. The number of aryl methyl sites for hydroxylation is 2. The van der Waals surface area contributed by atoms with E-state index >= 15 is 0 Å². The number of H-pyrrole nitrogens is 1. The lowest BCUT2D eigenvalue weighted by molar-refractivity contribution is 0.124. The molecular formula is C20H21FN4O5S. The number of sulfone groups is 1. The van der Waals surface area contributed by atoms with Crippen LogP contribution in [0.3, 0.4) is 0 Å². The Morgan fingerprint density at radius 1 is 1.29 bits per heavy atom. The minimum atomic E-state index is -3.34. The van der Waals surface area contributed by atoms with Gasteiger partial charge in [-0.25, -0.2) is 17.3 Å². The molecule has 1 unspecified atom stereocenters. The number of aromatic amines is 1. The van der Waals surface area contributed by atoms with E-state index in [1.807, 2.05) is 6.92 Å². The average molecular weight is 448 g/mol. The molecule has 164 valence electrons. The molecule has 3 heterocycles. The van der Waals surface area contributed by atoms with Gasteiger partial charge in [-0.15, -0.1) is 0 Å². The Hall–Kier alpha value is -3.18. The fraction of sp³-hybridized carbons (Fsp3) is 0.300. The summed E-state index contributed by atoms with van der Waals surface area (Å²) in [6.45, 7) is 3.36. The van der Waals surface area contributed by atoms with Gasteiger partial charge in [-0.2, -0.15) is 10.1 Å².